The number of hydrazine groups is 1. The van der Waals surface area contributed by atoms with Crippen molar-refractivity contribution in [2.24, 2.45) is 5.84 Å². The minimum Gasteiger partial charge on any atom is -0.365 e. The van der Waals surface area contributed by atoms with E-state index in [-0.39, 0.29) is 5.69 Å². The molecule has 0 spiro atoms. The van der Waals surface area contributed by atoms with Gasteiger partial charge in [0, 0.05) is 18.1 Å². The second-order valence-corrected chi connectivity index (χ2v) is 5.48. The number of anilines is 2. The first-order valence-electron chi connectivity index (χ1n) is 6.22. The largest absolute Gasteiger partial charge is 0.365 e. The zero-order chi connectivity index (χ0) is 15.4. The van der Waals surface area contributed by atoms with Gasteiger partial charge in [0.15, 0.2) is 0 Å². The second kappa shape index (κ2) is 6.55. The number of benzene rings is 2. The lowest BCUT2D eigenvalue weighted by molar-refractivity contribution is -0.383. The Hall–Kier alpha value is -2.12. The Morgan fingerprint density at radius 1 is 1.33 bits per heavy atom. The number of nitro groups is 1. The lowest BCUT2D eigenvalue weighted by Gasteiger charge is -2.20. The van der Waals surface area contributed by atoms with Gasteiger partial charge in [-0.2, -0.15) is 0 Å². The molecule has 0 unspecified atom stereocenters. The number of nitro benzene ring substituents is 1. The Balaban J connectivity index is 2.35. The summed E-state index contributed by atoms with van der Waals surface area (Å²) in [5, 5.41) is 11.3. The SMILES string of the molecule is CN(Cc1cccc(Br)c1)c1cccc(NN)c1[N+](=O)[O-]. The molecular formula is C14H15BrN4O2. The molecular weight excluding hydrogens is 336 g/mol. The van der Waals surface area contributed by atoms with Crippen molar-refractivity contribution < 1.29 is 4.92 Å². The van der Waals surface area contributed by atoms with Gasteiger partial charge in [0.25, 0.3) is 0 Å². The summed E-state index contributed by atoms with van der Waals surface area (Å²) in [6.07, 6.45) is 0. The van der Waals surface area contributed by atoms with Crippen molar-refractivity contribution in [3.63, 3.8) is 0 Å². The summed E-state index contributed by atoms with van der Waals surface area (Å²) in [6, 6.07) is 12.8. The third kappa shape index (κ3) is 3.50. The first kappa shape index (κ1) is 15.3. The molecule has 0 aliphatic heterocycles. The molecule has 6 nitrogen and oxygen atoms in total. The Labute approximate surface area is 130 Å². The zero-order valence-electron chi connectivity index (χ0n) is 11.4. The van der Waals surface area contributed by atoms with Crippen LogP contribution in [0.5, 0.6) is 0 Å². The van der Waals surface area contributed by atoms with Crippen LogP contribution in [0.15, 0.2) is 46.9 Å². The topological polar surface area (TPSA) is 84.4 Å². The molecule has 0 heterocycles. The Morgan fingerprint density at radius 2 is 2.05 bits per heavy atom. The van der Waals surface area contributed by atoms with E-state index in [1.807, 2.05) is 36.2 Å². The van der Waals surface area contributed by atoms with Crippen LogP contribution in [0.4, 0.5) is 17.1 Å². The zero-order valence-corrected chi connectivity index (χ0v) is 13.0. The van der Waals surface area contributed by atoms with Gasteiger partial charge in [-0.15, -0.1) is 0 Å². The lowest BCUT2D eigenvalue weighted by atomic mass is 10.1. The van der Waals surface area contributed by atoms with Gasteiger partial charge < -0.3 is 10.3 Å². The standard InChI is InChI=1S/C14H15BrN4O2/c1-18(9-10-4-2-5-11(15)8-10)13-7-3-6-12(17-16)14(13)19(20)21/h2-8,17H,9,16H2,1H3. The van der Waals surface area contributed by atoms with Gasteiger partial charge in [-0.25, -0.2) is 0 Å². The van der Waals surface area contributed by atoms with Crippen LogP contribution in [0.2, 0.25) is 0 Å². The number of para-hydroxylation sites is 1. The van der Waals surface area contributed by atoms with Crippen molar-refractivity contribution >= 4 is 33.0 Å². The number of nitrogen functional groups attached to an aromatic ring is 1. The summed E-state index contributed by atoms with van der Waals surface area (Å²) in [4.78, 5) is 12.7. The maximum Gasteiger partial charge on any atom is 0.316 e. The molecule has 0 bridgehead atoms. The molecule has 0 saturated carbocycles. The van der Waals surface area contributed by atoms with Gasteiger partial charge in [-0.3, -0.25) is 16.0 Å². The van der Waals surface area contributed by atoms with Crippen molar-refractivity contribution in [3.8, 4) is 0 Å². The summed E-state index contributed by atoms with van der Waals surface area (Å²) in [5.74, 6) is 5.35. The van der Waals surface area contributed by atoms with Crippen molar-refractivity contribution in [1.82, 2.24) is 0 Å². The van der Waals surface area contributed by atoms with Gasteiger partial charge in [0.2, 0.25) is 0 Å². The van der Waals surface area contributed by atoms with Crippen LogP contribution >= 0.6 is 15.9 Å². The molecule has 0 aliphatic rings. The summed E-state index contributed by atoms with van der Waals surface area (Å²) in [7, 11) is 1.81. The highest BCUT2D eigenvalue weighted by molar-refractivity contribution is 9.10. The van der Waals surface area contributed by atoms with Gasteiger partial charge >= 0.3 is 5.69 Å². The van der Waals surface area contributed by atoms with Crippen molar-refractivity contribution in [3.05, 3.63) is 62.6 Å². The van der Waals surface area contributed by atoms with Gasteiger partial charge in [-0.05, 0) is 29.8 Å². The molecule has 0 aromatic heterocycles. The van der Waals surface area contributed by atoms with E-state index in [1.165, 1.54) is 0 Å². The number of halogens is 1. The highest BCUT2D eigenvalue weighted by Gasteiger charge is 2.21. The first-order chi connectivity index (χ1) is 10.0. The fourth-order valence-corrected chi connectivity index (χ4v) is 2.59. The normalized spacial score (nSPS) is 10.2. The highest BCUT2D eigenvalue weighted by Crippen LogP contribution is 2.35. The summed E-state index contributed by atoms with van der Waals surface area (Å²) >= 11 is 3.42. The monoisotopic (exact) mass is 350 g/mol. The molecule has 0 saturated heterocycles. The Morgan fingerprint density at radius 3 is 2.67 bits per heavy atom. The van der Waals surface area contributed by atoms with E-state index in [4.69, 9.17) is 5.84 Å². The molecule has 0 aliphatic carbocycles. The molecule has 3 N–H and O–H groups in total. The molecule has 0 radical (unpaired) electrons. The predicted octanol–water partition coefficient (Wildman–Crippen LogP) is 3.28. The Bertz CT molecular complexity index is 663. The van der Waals surface area contributed by atoms with Crippen LogP contribution in [0.25, 0.3) is 0 Å². The van der Waals surface area contributed by atoms with E-state index in [0.29, 0.717) is 17.9 Å². The van der Waals surface area contributed by atoms with Crippen LogP contribution in [0.1, 0.15) is 5.56 Å². The molecule has 110 valence electrons. The third-order valence-electron chi connectivity index (χ3n) is 3.07. The van der Waals surface area contributed by atoms with E-state index in [1.54, 1.807) is 18.2 Å². The molecule has 0 atom stereocenters. The predicted molar refractivity (Wildman–Crippen MR) is 87.2 cm³/mol. The van der Waals surface area contributed by atoms with E-state index >= 15 is 0 Å². The van der Waals surface area contributed by atoms with Crippen LogP contribution in [0.3, 0.4) is 0 Å². The van der Waals surface area contributed by atoms with Gasteiger partial charge in [0.05, 0.1) is 4.92 Å². The third-order valence-corrected chi connectivity index (χ3v) is 3.57. The van der Waals surface area contributed by atoms with E-state index in [2.05, 4.69) is 21.4 Å². The molecule has 21 heavy (non-hydrogen) atoms. The number of rotatable bonds is 5. The maximum absolute atomic E-state index is 11.3. The number of nitrogens with two attached hydrogens (primary N) is 1. The molecule has 2 aromatic carbocycles. The number of hydrogen-bond donors (Lipinski definition) is 2. The average molecular weight is 351 g/mol. The molecule has 7 heteroatoms. The fraction of sp³-hybridized carbons (Fsp3) is 0.143. The van der Waals surface area contributed by atoms with Crippen molar-refractivity contribution in [2.75, 3.05) is 17.4 Å². The second-order valence-electron chi connectivity index (χ2n) is 4.56. The number of nitrogens with zero attached hydrogens (tertiary/aromatic N) is 2. The minimum atomic E-state index is -0.429. The van der Waals surface area contributed by atoms with Gasteiger partial charge in [-0.1, -0.05) is 34.1 Å². The number of nitrogens with one attached hydrogen (secondary N) is 1. The van der Waals surface area contributed by atoms with Crippen molar-refractivity contribution in [1.29, 1.82) is 0 Å². The van der Waals surface area contributed by atoms with Crippen LogP contribution in [0, 0.1) is 10.1 Å². The minimum absolute atomic E-state index is 0.0301. The maximum atomic E-state index is 11.3. The van der Waals surface area contributed by atoms with E-state index in [9.17, 15) is 10.1 Å². The first-order valence-corrected chi connectivity index (χ1v) is 7.02. The fourth-order valence-electron chi connectivity index (χ4n) is 2.14. The smallest absolute Gasteiger partial charge is 0.316 e. The summed E-state index contributed by atoms with van der Waals surface area (Å²) in [6.45, 7) is 0.550. The quantitative estimate of drug-likeness (QED) is 0.491. The van der Waals surface area contributed by atoms with Crippen LogP contribution < -0.4 is 16.2 Å². The average Bonchev–Trinajstić information content (AvgIpc) is 2.46. The molecule has 2 aromatic rings. The van der Waals surface area contributed by atoms with Crippen LogP contribution in [-0.2, 0) is 6.54 Å². The highest BCUT2D eigenvalue weighted by atomic mass is 79.9. The molecule has 0 fully saturated rings. The lowest BCUT2D eigenvalue weighted by Crippen LogP contribution is -2.19. The summed E-state index contributed by atoms with van der Waals surface area (Å²) < 4.78 is 0.972. The van der Waals surface area contributed by atoms with Crippen LogP contribution in [-0.4, -0.2) is 12.0 Å². The molecule has 2 rings (SSSR count). The molecule has 0 amide bonds. The number of hydrogen-bond acceptors (Lipinski definition) is 5. The summed E-state index contributed by atoms with van der Waals surface area (Å²) in [5.41, 5.74) is 4.19. The van der Waals surface area contributed by atoms with Crippen molar-refractivity contribution in [2.45, 2.75) is 6.54 Å². The Kier molecular flexibility index (Phi) is 4.77. The van der Waals surface area contributed by atoms with E-state index < -0.39 is 4.92 Å². The van der Waals surface area contributed by atoms with Gasteiger partial charge in [0.1, 0.15) is 11.4 Å². The van der Waals surface area contributed by atoms with E-state index in [0.717, 1.165) is 10.0 Å².